The van der Waals surface area contributed by atoms with E-state index in [4.69, 9.17) is 0 Å². The van der Waals surface area contributed by atoms with Gasteiger partial charge in [-0.15, -0.1) is 0 Å². The van der Waals surface area contributed by atoms with Gasteiger partial charge in [0.2, 0.25) is 0 Å². The Bertz CT molecular complexity index is 772. The molecule has 21 heavy (non-hydrogen) atoms. The van der Waals surface area contributed by atoms with E-state index in [1.54, 1.807) is 41.9 Å². The van der Waals surface area contributed by atoms with Crippen molar-refractivity contribution in [1.29, 1.82) is 0 Å². The predicted octanol–water partition coefficient (Wildman–Crippen LogP) is 2.07. The molecule has 0 unspecified atom stereocenters. The zero-order chi connectivity index (χ0) is 14.8. The minimum atomic E-state index is -0.208. The molecule has 1 N–H and O–H groups in total. The molecule has 0 aliphatic carbocycles. The van der Waals surface area contributed by atoms with Crippen LogP contribution in [0.3, 0.4) is 0 Å². The Morgan fingerprint density at radius 1 is 1.19 bits per heavy atom. The smallest absolute Gasteiger partial charge is 0.274 e. The monoisotopic (exact) mass is 281 g/mol. The van der Waals surface area contributed by atoms with Crippen molar-refractivity contribution in [2.24, 2.45) is 14.1 Å². The second kappa shape index (κ2) is 5.24. The lowest BCUT2D eigenvalue weighted by Gasteiger charge is -2.01. The second-order valence-electron chi connectivity index (χ2n) is 4.76. The summed E-state index contributed by atoms with van der Waals surface area (Å²) in [5, 5.41) is 11.2. The van der Waals surface area contributed by atoms with Gasteiger partial charge in [-0.25, -0.2) is 0 Å². The van der Waals surface area contributed by atoms with Gasteiger partial charge >= 0.3 is 0 Å². The molecule has 0 aliphatic rings. The third-order valence-electron chi connectivity index (χ3n) is 3.14. The highest BCUT2D eigenvalue weighted by Gasteiger charge is 2.14. The van der Waals surface area contributed by atoms with E-state index in [2.05, 4.69) is 15.5 Å². The molecule has 0 saturated carbocycles. The molecule has 6 nitrogen and oxygen atoms in total. The first-order valence-electron chi connectivity index (χ1n) is 6.53. The topological polar surface area (TPSA) is 64.7 Å². The van der Waals surface area contributed by atoms with Crippen molar-refractivity contribution < 1.29 is 4.79 Å². The highest BCUT2D eigenvalue weighted by atomic mass is 16.2. The van der Waals surface area contributed by atoms with Crippen molar-refractivity contribution in [2.75, 3.05) is 5.32 Å². The van der Waals surface area contributed by atoms with E-state index >= 15 is 0 Å². The van der Waals surface area contributed by atoms with Crippen molar-refractivity contribution in [1.82, 2.24) is 19.6 Å². The molecule has 1 amide bonds. The molecular formula is C15H15N5O. The molecule has 2 aromatic heterocycles. The van der Waals surface area contributed by atoms with Crippen molar-refractivity contribution in [2.45, 2.75) is 0 Å². The number of amides is 1. The highest BCUT2D eigenvalue weighted by molar-refractivity contribution is 6.03. The van der Waals surface area contributed by atoms with Gasteiger partial charge < -0.3 is 5.32 Å². The molecule has 3 aromatic rings. The van der Waals surface area contributed by atoms with Crippen LogP contribution in [0.5, 0.6) is 0 Å². The standard InChI is InChI=1S/C15H15N5O/c1-19-10-12(9-16-19)17-15(21)14-8-13(18-20(14)2)11-6-4-3-5-7-11/h3-10H,1-2H3,(H,17,21). The van der Waals surface area contributed by atoms with Gasteiger partial charge in [0.15, 0.2) is 0 Å². The van der Waals surface area contributed by atoms with Crippen LogP contribution >= 0.6 is 0 Å². The molecule has 0 atom stereocenters. The summed E-state index contributed by atoms with van der Waals surface area (Å²) in [6.07, 6.45) is 3.35. The molecule has 0 fully saturated rings. The van der Waals surface area contributed by atoms with Crippen LogP contribution in [0.1, 0.15) is 10.5 Å². The van der Waals surface area contributed by atoms with E-state index < -0.39 is 0 Å². The predicted molar refractivity (Wildman–Crippen MR) is 79.8 cm³/mol. The van der Waals surface area contributed by atoms with Crippen LogP contribution in [-0.2, 0) is 14.1 Å². The second-order valence-corrected chi connectivity index (χ2v) is 4.76. The normalized spacial score (nSPS) is 10.6. The Morgan fingerprint density at radius 2 is 1.95 bits per heavy atom. The maximum absolute atomic E-state index is 12.3. The zero-order valence-electron chi connectivity index (χ0n) is 11.8. The van der Waals surface area contributed by atoms with Crippen LogP contribution in [0.4, 0.5) is 5.69 Å². The first-order chi connectivity index (χ1) is 10.1. The summed E-state index contributed by atoms with van der Waals surface area (Å²) < 4.78 is 3.21. The number of nitrogens with one attached hydrogen (secondary N) is 1. The number of anilines is 1. The Labute approximate surface area is 122 Å². The fourth-order valence-corrected chi connectivity index (χ4v) is 2.11. The SMILES string of the molecule is Cn1cc(NC(=O)c2cc(-c3ccccc3)nn2C)cn1. The Hall–Kier alpha value is -2.89. The fraction of sp³-hybridized carbons (Fsp3) is 0.133. The number of hydrogen-bond acceptors (Lipinski definition) is 3. The van der Waals surface area contributed by atoms with Crippen LogP contribution in [0.25, 0.3) is 11.3 Å². The summed E-state index contributed by atoms with van der Waals surface area (Å²) in [5.41, 5.74) is 2.91. The Morgan fingerprint density at radius 3 is 2.62 bits per heavy atom. The van der Waals surface area contributed by atoms with E-state index in [-0.39, 0.29) is 5.91 Å². The molecule has 3 rings (SSSR count). The largest absolute Gasteiger partial charge is 0.318 e. The number of aryl methyl sites for hydroxylation is 2. The van der Waals surface area contributed by atoms with Crippen LogP contribution in [-0.4, -0.2) is 25.5 Å². The van der Waals surface area contributed by atoms with E-state index in [1.807, 2.05) is 30.3 Å². The molecule has 2 heterocycles. The lowest BCUT2D eigenvalue weighted by atomic mass is 10.1. The molecular weight excluding hydrogens is 266 g/mol. The minimum Gasteiger partial charge on any atom is -0.318 e. The summed E-state index contributed by atoms with van der Waals surface area (Å²) in [7, 11) is 3.55. The number of benzene rings is 1. The van der Waals surface area contributed by atoms with E-state index in [0.29, 0.717) is 11.4 Å². The number of rotatable bonds is 3. The molecule has 0 aliphatic heterocycles. The van der Waals surface area contributed by atoms with Crippen molar-refractivity contribution >= 4 is 11.6 Å². The van der Waals surface area contributed by atoms with Crippen LogP contribution in [0, 0.1) is 0 Å². The van der Waals surface area contributed by atoms with Crippen molar-refractivity contribution in [3.63, 3.8) is 0 Å². The third-order valence-corrected chi connectivity index (χ3v) is 3.14. The molecule has 0 spiro atoms. The zero-order valence-corrected chi connectivity index (χ0v) is 11.8. The molecule has 0 bridgehead atoms. The first-order valence-corrected chi connectivity index (χ1v) is 6.53. The molecule has 106 valence electrons. The molecule has 1 aromatic carbocycles. The maximum Gasteiger partial charge on any atom is 0.274 e. The molecule has 0 saturated heterocycles. The van der Waals surface area contributed by atoms with Crippen LogP contribution < -0.4 is 5.32 Å². The van der Waals surface area contributed by atoms with Crippen molar-refractivity contribution in [3.05, 3.63) is 54.5 Å². The van der Waals surface area contributed by atoms with E-state index in [9.17, 15) is 4.79 Å². The van der Waals surface area contributed by atoms with Gasteiger partial charge in [-0.1, -0.05) is 30.3 Å². The minimum absolute atomic E-state index is 0.208. The lowest BCUT2D eigenvalue weighted by molar-refractivity contribution is 0.101. The Balaban J connectivity index is 1.86. The quantitative estimate of drug-likeness (QED) is 0.799. The maximum atomic E-state index is 12.3. The average Bonchev–Trinajstić information content (AvgIpc) is 3.06. The van der Waals surface area contributed by atoms with Gasteiger partial charge in [0.25, 0.3) is 5.91 Å². The molecule has 6 heteroatoms. The van der Waals surface area contributed by atoms with Crippen LogP contribution in [0.2, 0.25) is 0 Å². The summed E-state index contributed by atoms with van der Waals surface area (Å²) in [6.45, 7) is 0. The summed E-state index contributed by atoms with van der Waals surface area (Å²) >= 11 is 0. The number of hydrogen-bond donors (Lipinski definition) is 1. The number of carbonyl (C=O) groups excluding carboxylic acids is 1. The van der Waals surface area contributed by atoms with Crippen molar-refractivity contribution in [3.8, 4) is 11.3 Å². The third kappa shape index (κ3) is 2.69. The van der Waals surface area contributed by atoms with E-state index in [1.165, 1.54) is 0 Å². The summed E-state index contributed by atoms with van der Waals surface area (Å²) in [6, 6.07) is 11.5. The number of carbonyl (C=O) groups is 1. The lowest BCUT2D eigenvalue weighted by Crippen LogP contribution is -2.15. The number of aromatic nitrogens is 4. The highest BCUT2D eigenvalue weighted by Crippen LogP contribution is 2.19. The summed E-state index contributed by atoms with van der Waals surface area (Å²) in [4.78, 5) is 12.3. The van der Waals surface area contributed by atoms with Gasteiger partial charge in [0.1, 0.15) is 5.69 Å². The average molecular weight is 281 g/mol. The van der Waals surface area contributed by atoms with Gasteiger partial charge in [-0.3, -0.25) is 14.2 Å². The van der Waals surface area contributed by atoms with Gasteiger partial charge in [-0.2, -0.15) is 10.2 Å². The summed E-state index contributed by atoms with van der Waals surface area (Å²) in [5.74, 6) is -0.208. The number of nitrogens with zero attached hydrogens (tertiary/aromatic N) is 4. The first kappa shape index (κ1) is 13.1. The van der Waals surface area contributed by atoms with Crippen LogP contribution in [0.15, 0.2) is 48.8 Å². The Kier molecular flexibility index (Phi) is 3.27. The van der Waals surface area contributed by atoms with Gasteiger partial charge in [0.05, 0.1) is 17.6 Å². The van der Waals surface area contributed by atoms with Gasteiger partial charge in [0, 0.05) is 25.9 Å². The van der Waals surface area contributed by atoms with E-state index in [0.717, 1.165) is 11.3 Å². The fourth-order valence-electron chi connectivity index (χ4n) is 2.11. The molecule has 0 radical (unpaired) electrons. The van der Waals surface area contributed by atoms with Gasteiger partial charge in [-0.05, 0) is 6.07 Å².